The van der Waals surface area contributed by atoms with Gasteiger partial charge in [0.1, 0.15) is 17.4 Å². The van der Waals surface area contributed by atoms with E-state index in [-0.39, 0.29) is 0 Å². The average molecular weight is 361 g/mol. The molecule has 3 rings (SSSR count). The number of carbonyl (C=O) groups is 1. The van der Waals surface area contributed by atoms with Gasteiger partial charge in [-0.25, -0.2) is 0 Å². The van der Waals surface area contributed by atoms with Crippen molar-refractivity contribution in [3.05, 3.63) is 59.1 Å². The Kier molecular flexibility index (Phi) is 5.30. The standard InChI is InChI=1S/C20H21ClO4/c21-16-13-14(9-10-17(16)25-15-7-3-1-4-8-15)18(19(22)23)20(24)11-5-2-6-12-20/h1,3-4,7-10,13,18,24H,2,5-6,11-12H2,(H,22,23). The Morgan fingerprint density at radius 2 is 1.76 bits per heavy atom. The number of hydrogen-bond donors (Lipinski definition) is 2. The molecule has 1 atom stereocenters. The molecule has 1 fully saturated rings. The van der Waals surface area contributed by atoms with Crippen LogP contribution < -0.4 is 4.74 Å². The summed E-state index contributed by atoms with van der Waals surface area (Å²) in [7, 11) is 0. The number of rotatable bonds is 5. The number of hydrogen-bond acceptors (Lipinski definition) is 3. The van der Waals surface area contributed by atoms with Gasteiger partial charge in [0.2, 0.25) is 0 Å². The highest BCUT2D eigenvalue weighted by Gasteiger charge is 2.43. The van der Waals surface area contributed by atoms with Crippen molar-refractivity contribution in [2.24, 2.45) is 0 Å². The SMILES string of the molecule is O=C(O)C(c1ccc(Oc2ccccc2)c(Cl)c1)C1(O)CCCCC1. The van der Waals surface area contributed by atoms with Crippen LogP contribution >= 0.6 is 11.6 Å². The fourth-order valence-electron chi connectivity index (χ4n) is 3.53. The molecule has 4 nitrogen and oxygen atoms in total. The summed E-state index contributed by atoms with van der Waals surface area (Å²) in [5.41, 5.74) is -0.725. The monoisotopic (exact) mass is 360 g/mol. The summed E-state index contributed by atoms with van der Waals surface area (Å²) in [6, 6.07) is 14.2. The van der Waals surface area contributed by atoms with Gasteiger partial charge in [-0.1, -0.05) is 55.1 Å². The van der Waals surface area contributed by atoms with E-state index in [1.54, 1.807) is 18.2 Å². The van der Waals surface area contributed by atoms with Crippen LogP contribution in [-0.4, -0.2) is 21.8 Å². The van der Waals surface area contributed by atoms with Crippen LogP contribution in [0.3, 0.4) is 0 Å². The van der Waals surface area contributed by atoms with E-state index in [2.05, 4.69) is 0 Å². The highest BCUT2D eigenvalue weighted by Crippen LogP contribution is 2.42. The fraction of sp³-hybridized carbons (Fsp3) is 0.350. The Balaban J connectivity index is 1.88. The average Bonchev–Trinajstić information content (AvgIpc) is 2.58. The Bertz CT molecular complexity index is 739. The van der Waals surface area contributed by atoms with Crippen LogP contribution in [0.2, 0.25) is 5.02 Å². The van der Waals surface area contributed by atoms with Gasteiger partial charge in [-0.15, -0.1) is 0 Å². The van der Waals surface area contributed by atoms with E-state index in [0.717, 1.165) is 19.3 Å². The molecule has 0 spiro atoms. The van der Waals surface area contributed by atoms with E-state index in [1.165, 1.54) is 0 Å². The van der Waals surface area contributed by atoms with E-state index in [4.69, 9.17) is 16.3 Å². The van der Waals surface area contributed by atoms with Gasteiger partial charge in [-0.05, 0) is 42.7 Å². The molecule has 2 N–H and O–H groups in total. The largest absolute Gasteiger partial charge is 0.481 e. The molecule has 2 aromatic carbocycles. The smallest absolute Gasteiger partial charge is 0.313 e. The van der Waals surface area contributed by atoms with Crippen LogP contribution in [0.1, 0.15) is 43.6 Å². The number of aliphatic hydroxyl groups is 1. The summed E-state index contributed by atoms with van der Waals surface area (Å²) < 4.78 is 5.73. The lowest BCUT2D eigenvalue weighted by atomic mass is 9.73. The topological polar surface area (TPSA) is 66.8 Å². The molecule has 1 aliphatic carbocycles. The summed E-state index contributed by atoms with van der Waals surface area (Å²) in [4.78, 5) is 11.9. The molecule has 1 aliphatic rings. The highest BCUT2D eigenvalue weighted by atomic mass is 35.5. The summed E-state index contributed by atoms with van der Waals surface area (Å²) in [5, 5.41) is 20.9. The van der Waals surface area contributed by atoms with Crippen molar-refractivity contribution >= 4 is 17.6 Å². The zero-order valence-electron chi connectivity index (χ0n) is 13.8. The first-order valence-electron chi connectivity index (χ1n) is 8.47. The number of para-hydroxylation sites is 1. The molecule has 0 amide bonds. The van der Waals surface area contributed by atoms with Crippen molar-refractivity contribution in [1.82, 2.24) is 0 Å². The van der Waals surface area contributed by atoms with Crippen molar-refractivity contribution in [3.63, 3.8) is 0 Å². The van der Waals surface area contributed by atoms with Crippen LogP contribution in [0.25, 0.3) is 0 Å². The lowest BCUT2D eigenvalue weighted by Crippen LogP contribution is -2.42. The van der Waals surface area contributed by atoms with Crippen LogP contribution in [0.4, 0.5) is 0 Å². The Morgan fingerprint density at radius 3 is 2.36 bits per heavy atom. The van der Waals surface area contributed by atoms with Gasteiger partial charge in [0.15, 0.2) is 0 Å². The second kappa shape index (κ2) is 7.46. The van der Waals surface area contributed by atoms with Crippen LogP contribution in [-0.2, 0) is 4.79 Å². The first-order valence-corrected chi connectivity index (χ1v) is 8.85. The maximum Gasteiger partial charge on any atom is 0.313 e. The normalized spacial score (nSPS) is 17.7. The molecule has 0 aromatic heterocycles. The van der Waals surface area contributed by atoms with Crippen LogP contribution in [0.5, 0.6) is 11.5 Å². The number of halogens is 1. The van der Waals surface area contributed by atoms with Gasteiger partial charge in [0.05, 0.1) is 10.6 Å². The molecular formula is C20H21ClO4. The van der Waals surface area contributed by atoms with Crippen molar-refractivity contribution in [2.45, 2.75) is 43.6 Å². The third-order valence-electron chi connectivity index (χ3n) is 4.76. The zero-order valence-corrected chi connectivity index (χ0v) is 14.6. The summed E-state index contributed by atoms with van der Waals surface area (Å²) >= 11 is 6.31. The van der Waals surface area contributed by atoms with E-state index in [1.807, 2.05) is 30.3 Å². The predicted molar refractivity (Wildman–Crippen MR) is 96.4 cm³/mol. The van der Waals surface area contributed by atoms with Crippen LogP contribution in [0, 0.1) is 0 Å². The minimum atomic E-state index is -1.23. The van der Waals surface area contributed by atoms with Crippen LogP contribution in [0.15, 0.2) is 48.5 Å². The Hall–Kier alpha value is -2.04. The quantitative estimate of drug-likeness (QED) is 0.787. The number of carboxylic acid groups (broad SMARTS) is 1. The second-order valence-electron chi connectivity index (χ2n) is 6.54. The number of benzene rings is 2. The maximum absolute atomic E-state index is 11.9. The third kappa shape index (κ3) is 3.97. The van der Waals surface area contributed by atoms with Crippen molar-refractivity contribution in [1.29, 1.82) is 0 Å². The first-order chi connectivity index (χ1) is 12.0. The fourth-order valence-corrected chi connectivity index (χ4v) is 3.76. The van der Waals surface area contributed by atoms with Crippen molar-refractivity contribution in [3.8, 4) is 11.5 Å². The Labute approximate surface area is 152 Å². The highest BCUT2D eigenvalue weighted by molar-refractivity contribution is 6.32. The molecule has 0 saturated heterocycles. The zero-order chi connectivity index (χ0) is 17.9. The van der Waals surface area contributed by atoms with Crippen molar-refractivity contribution < 1.29 is 19.7 Å². The number of carboxylic acids is 1. The Morgan fingerprint density at radius 1 is 1.08 bits per heavy atom. The van der Waals surface area contributed by atoms with Gasteiger partial charge in [0, 0.05) is 0 Å². The summed E-state index contributed by atoms with van der Waals surface area (Å²) in [6.07, 6.45) is 3.68. The van der Waals surface area contributed by atoms with Gasteiger partial charge in [-0.2, -0.15) is 0 Å². The third-order valence-corrected chi connectivity index (χ3v) is 5.06. The van der Waals surface area contributed by atoms with E-state index in [9.17, 15) is 15.0 Å². The van der Waals surface area contributed by atoms with E-state index in [0.29, 0.717) is 34.9 Å². The lowest BCUT2D eigenvalue weighted by Gasteiger charge is -2.37. The van der Waals surface area contributed by atoms with Gasteiger partial charge in [-0.3, -0.25) is 4.79 Å². The molecular weight excluding hydrogens is 340 g/mol. The molecule has 0 heterocycles. The molecule has 2 aromatic rings. The summed E-state index contributed by atoms with van der Waals surface area (Å²) in [5.74, 6) is -0.914. The van der Waals surface area contributed by atoms with Gasteiger partial charge < -0.3 is 14.9 Å². The molecule has 1 saturated carbocycles. The molecule has 0 aliphatic heterocycles. The minimum Gasteiger partial charge on any atom is -0.481 e. The molecule has 0 bridgehead atoms. The van der Waals surface area contributed by atoms with Gasteiger partial charge >= 0.3 is 5.97 Å². The van der Waals surface area contributed by atoms with E-state index >= 15 is 0 Å². The maximum atomic E-state index is 11.9. The molecule has 132 valence electrons. The first kappa shape index (κ1) is 17.8. The molecule has 0 radical (unpaired) electrons. The number of ether oxygens (including phenoxy) is 1. The molecule has 25 heavy (non-hydrogen) atoms. The lowest BCUT2D eigenvalue weighted by molar-refractivity contribution is -0.147. The predicted octanol–water partition coefficient (Wildman–Crippen LogP) is 5.00. The summed E-state index contributed by atoms with van der Waals surface area (Å²) in [6.45, 7) is 0. The van der Waals surface area contributed by atoms with E-state index < -0.39 is 17.5 Å². The molecule has 5 heteroatoms. The van der Waals surface area contributed by atoms with Crippen molar-refractivity contribution in [2.75, 3.05) is 0 Å². The molecule has 1 unspecified atom stereocenters. The number of aliphatic carboxylic acids is 1. The second-order valence-corrected chi connectivity index (χ2v) is 6.95. The van der Waals surface area contributed by atoms with Gasteiger partial charge in [0.25, 0.3) is 0 Å². The minimum absolute atomic E-state index is 0.326.